The summed E-state index contributed by atoms with van der Waals surface area (Å²) in [5, 5.41) is 0. The fourth-order valence-electron chi connectivity index (χ4n) is 2.62. The van der Waals surface area contributed by atoms with Gasteiger partial charge in [-0.05, 0) is 115 Å². The van der Waals surface area contributed by atoms with Crippen molar-refractivity contribution in [3.63, 3.8) is 0 Å². The molecule has 0 N–H and O–H groups in total. The van der Waals surface area contributed by atoms with Gasteiger partial charge in [0, 0.05) is 0 Å². The number of rotatable bonds is 3. The quantitative estimate of drug-likeness (QED) is 0.665. The van der Waals surface area contributed by atoms with E-state index in [0.717, 1.165) is 5.92 Å². The van der Waals surface area contributed by atoms with E-state index in [0.29, 0.717) is 0 Å². The first-order valence-electron chi connectivity index (χ1n) is 7.40. The molecule has 2 aliphatic carbocycles. The van der Waals surface area contributed by atoms with Crippen LogP contribution in [0.3, 0.4) is 0 Å². The molecule has 0 amide bonds. The van der Waals surface area contributed by atoms with Crippen LogP contribution in [0.5, 0.6) is 0 Å². The topological polar surface area (TPSA) is 3.24 Å². The van der Waals surface area contributed by atoms with Crippen molar-refractivity contribution in [2.24, 2.45) is 5.92 Å². The normalized spacial score (nSPS) is 22.8. The van der Waals surface area contributed by atoms with Crippen molar-refractivity contribution in [2.75, 3.05) is 20.1 Å². The fraction of sp³-hybridized carbons (Fsp3) is 0.444. The zero-order valence-electron chi connectivity index (χ0n) is 13.2. The maximum atomic E-state index is 2.44. The standard InChI is InChI=1S/C13H20N.C5H5.2ClH.Ti/c1-14-10-8-13(9-11-14)7-6-12-4-2-3-5-12;1-2-4-5-3-1;;;/h2-5,13H,6-11H2,1H3;1-5H;2*1H;/q;;;;+4/p-1. The van der Waals surface area contributed by atoms with E-state index < -0.39 is 0 Å². The first-order valence-corrected chi connectivity index (χ1v) is 7.40. The summed E-state index contributed by atoms with van der Waals surface area (Å²) in [5.74, 6) is 2.49. The van der Waals surface area contributed by atoms with Gasteiger partial charge < -0.3 is 17.3 Å². The van der Waals surface area contributed by atoms with Crippen LogP contribution in [0.4, 0.5) is 0 Å². The van der Waals surface area contributed by atoms with Crippen LogP contribution < -0.4 is 12.4 Å². The molecule has 118 valence electrons. The van der Waals surface area contributed by atoms with E-state index in [1.807, 2.05) is 32.1 Å². The molecule has 0 aromatic heterocycles. The van der Waals surface area contributed by atoms with Crippen molar-refractivity contribution in [3.8, 4) is 0 Å². The minimum Gasteiger partial charge on any atom is -1.00 e. The summed E-state index contributed by atoms with van der Waals surface area (Å²) in [6.45, 7) is 2.59. The number of nitrogens with zero attached hydrogens (tertiary/aromatic N) is 1. The van der Waals surface area contributed by atoms with Gasteiger partial charge in [-0.15, -0.1) is 12.4 Å². The van der Waals surface area contributed by atoms with Gasteiger partial charge in [0.2, 0.25) is 0 Å². The van der Waals surface area contributed by atoms with Crippen LogP contribution in [0.1, 0.15) is 25.7 Å². The van der Waals surface area contributed by atoms with Crippen molar-refractivity contribution < 1.29 is 34.1 Å². The number of halogens is 2. The zero-order chi connectivity index (χ0) is 13.3. The van der Waals surface area contributed by atoms with Crippen LogP contribution in [0.2, 0.25) is 0 Å². The number of hydrogen-bond donors (Lipinski definition) is 0. The minimum atomic E-state index is 0. The molecule has 0 spiro atoms. The van der Waals surface area contributed by atoms with Gasteiger partial charge in [-0.2, -0.15) is 0 Å². The molecule has 22 heavy (non-hydrogen) atoms. The maximum absolute atomic E-state index is 2.44. The SMILES string of the molecule is CN1CCC(CC[C]2[CH][CH][CH][CH]2)CC1.Cl.[CH]1[CH][CH][CH][CH]1.[Cl-].[Ti+4]. The molecule has 1 nitrogen and oxygen atoms in total. The van der Waals surface area contributed by atoms with Gasteiger partial charge in [0.05, 0.1) is 0 Å². The second-order valence-corrected chi connectivity index (χ2v) is 5.54. The van der Waals surface area contributed by atoms with E-state index in [9.17, 15) is 0 Å². The Balaban J connectivity index is 0. The van der Waals surface area contributed by atoms with Crippen LogP contribution >= 0.6 is 12.4 Å². The van der Waals surface area contributed by atoms with Crippen molar-refractivity contribution in [1.82, 2.24) is 4.90 Å². The van der Waals surface area contributed by atoms with Gasteiger partial charge in [-0.1, -0.05) is 0 Å². The summed E-state index contributed by atoms with van der Waals surface area (Å²) in [6, 6.07) is 0. The molecule has 2 saturated carbocycles. The van der Waals surface area contributed by atoms with Crippen LogP contribution in [0.15, 0.2) is 0 Å². The van der Waals surface area contributed by atoms with Gasteiger partial charge >= 0.3 is 21.7 Å². The maximum Gasteiger partial charge on any atom is 4.00 e. The third kappa shape index (κ3) is 10.9. The summed E-state index contributed by atoms with van der Waals surface area (Å²) in [4.78, 5) is 2.44. The van der Waals surface area contributed by atoms with Gasteiger partial charge in [0.25, 0.3) is 0 Å². The summed E-state index contributed by atoms with van der Waals surface area (Å²) in [7, 11) is 2.23. The Labute approximate surface area is 166 Å². The smallest absolute Gasteiger partial charge is 1.00 e. The predicted octanol–water partition coefficient (Wildman–Crippen LogP) is 0.958. The van der Waals surface area contributed by atoms with E-state index in [1.54, 1.807) is 0 Å². The van der Waals surface area contributed by atoms with Crippen LogP contribution in [-0.4, -0.2) is 25.0 Å². The van der Waals surface area contributed by atoms with Crippen LogP contribution in [0.25, 0.3) is 0 Å². The molecular formula is C18H26Cl2NTi+3. The Kier molecular flexibility index (Phi) is 18.3. The molecule has 0 bridgehead atoms. The second-order valence-electron chi connectivity index (χ2n) is 5.54. The summed E-state index contributed by atoms with van der Waals surface area (Å²) in [5.41, 5.74) is 0. The van der Waals surface area contributed by atoms with E-state index in [-0.39, 0.29) is 46.5 Å². The zero-order valence-corrected chi connectivity index (χ0v) is 16.4. The van der Waals surface area contributed by atoms with Crippen LogP contribution in [0, 0.1) is 69.6 Å². The molecule has 0 aromatic rings. The first kappa shape index (κ1) is 25.5. The molecule has 0 unspecified atom stereocenters. The summed E-state index contributed by atoms with van der Waals surface area (Å²) >= 11 is 0. The summed E-state index contributed by atoms with van der Waals surface area (Å²) < 4.78 is 0. The van der Waals surface area contributed by atoms with Crippen molar-refractivity contribution in [1.29, 1.82) is 0 Å². The van der Waals surface area contributed by atoms with E-state index >= 15 is 0 Å². The Morgan fingerprint density at radius 2 is 1.36 bits per heavy atom. The van der Waals surface area contributed by atoms with Crippen LogP contribution in [-0.2, 0) is 21.7 Å². The number of piperidine rings is 1. The van der Waals surface area contributed by atoms with Crippen molar-refractivity contribution in [3.05, 3.63) is 63.7 Å². The van der Waals surface area contributed by atoms with E-state index in [2.05, 4.69) is 37.6 Å². The molecule has 3 rings (SSSR count). The Morgan fingerprint density at radius 1 is 0.909 bits per heavy atom. The van der Waals surface area contributed by atoms with Gasteiger partial charge in [0.15, 0.2) is 0 Å². The van der Waals surface area contributed by atoms with Gasteiger partial charge in [-0.3, -0.25) is 0 Å². The average Bonchev–Trinajstić information content (AvgIpc) is 3.14. The molecular weight excluding hydrogens is 349 g/mol. The van der Waals surface area contributed by atoms with E-state index in [4.69, 9.17) is 0 Å². The third-order valence-corrected chi connectivity index (χ3v) is 3.97. The molecule has 1 heterocycles. The Bertz CT molecular complexity index is 216. The largest absolute Gasteiger partial charge is 4.00 e. The summed E-state index contributed by atoms with van der Waals surface area (Å²) in [6.07, 6.45) is 24.2. The Hall–Kier alpha value is 1.25. The molecule has 1 saturated heterocycles. The molecule has 1 aliphatic heterocycles. The van der Waals surface area contributed by atoms with Gasteiger partial charge in [0.1, 0.15) is 0 Å². The fourth-order valence-corrected chi connectivity index (χ4v) is 2.62. The second kappa shape index (κ2) is 15.8. The van der Waals surface area contributed by atoms with Crippen molar-refractivity contribution >= 4 is 12.4 Å². The monoisotopic (exact) mass is 374 g/mol. The predicted molar refractivity (Wildman–Crippen MR) is 88.6 cm³/mol. The van der Waals surface area contributed by atoms with Gasteiger partial charge in [-0.25, -0.2) is 0 Å². The Morgan fingerprint density at radius 3 is 1.82 bits per heavy atom. The molecule has 10 radical (unpaired) electrons. The number of likely N-dealkylation sites (tertiary alicyclic amines) is 1. The number of hydrogen-bond acceptors (Lipinski definition) is 1. The first-order chi connectivity index (χ1) is 9.34. The molecule has 3 fully saturated rings. The molecule has 0 atom stereocenters. The molecule has 3 aliphatic rings. The third-order valence-electron chi connectivity index (χ3n) is 3.97. The van der Waals surface area contributed by atoms with Crippen molar-refractivity contribution in [2.45, 2.75) is 25.7 Å². The molecule has 4 heteroatoms. The average molecular weight is 375 g/mol. The molecule has 0 aromatic carbocycles. The minimum absolute atomic E-state index is 0. The van der Waals surface area contributed by atoms with E-state index in [1.165, 1.54) is 44.7 Å².